The number of hydrogen-bond donors (Lipinski definition) is 1. The quantitative estimate of drug-likeness (QED) is 0.374. The minimum atomic E-state index is -4.37. The molecule has 2 aromatic carbocycles. The Morgan fingerprint density at radius 2 is 1.71 bits per heavy atom. The molecule has 0 aliphatic heterocycles. The maximum atomic E-state index is 12.7. The molecule has 0 unspecified atom stereocenters. The van der Waals surface area contributed by atoms with Gasteiger partial charge in [-0.1, -0.05) is 25.4 Å². The fourth-order valence-corrected chi connectivity index (χ4v) is 2.89. The highest BCUT2D eigenvalue weighted by molar-refractivity contribution is 6.31. The van der Waals surface area contributed by atoms with E-state index >= 15 is 0 Å². The van der Waals surface area contributed by atoms with Gasteiger partial charge in [0.25, 0.3) is 0 Å². The predicted molar refractivity (Wildman–Crippen MR) is 118 cm³/mol. The Hall–Kier alpha value is -2.54. The number of nitrogens with zero attached hydrogens (tertiary/aromatic N) is 1. The highest BCUT2D eigenvalue weighted by atomic mass is 35.5. The Morgan fingerprint density at radius 3 is 2.19 bits per heavy atom. The van der Waals surface area contributed by atoms with Gasteiger partial charge in [0, 0.05) is 17.2 Å². The van der Waals surface area contributed by atoms with Gasteiger partial charge in [-0.05, 0) is 62.6 Å². The molecule has 0 saturated heterocycles. The summed E-state index contributed by atoms with van der Waals surface area (Å²) in [6.07, 6.45) is -3.27. The second-order valence-electron chi connectivity index (χ2n) is 6.94. The van der Waals surface area contributed by atoms with Crippen molar-refractivity contribution in [3.63, 3.8) is 0 Å². The Morgan fingerprint density at radius 1 is 1.10 bits per heavy atom. The van der Waals surface area contributed by atoms with Gasteiger partial charge in [-0.3, -0.25) is 9.79 Å². The molecule has 0 radical (unpaired) electrons. The summed E-state index contributed by atoms with van der Waals surface area (Å²) in [7, 11) is 1.34. The molecule has 0 aliphatic carbocycles. The molecule has 0 aromatic heterocycles. The molecule has 8 heteroatoms. The molecule has 2 rings (SSSR count). The molecule has 2 aromatic rings. The van der Waals surface area contributed by atoms with Gasteiger partial charge >= 0.3 is 6.18 Å². The summed E-state index contributed by atoms with van der Waals surface area (Å²) < 4.78 is 43.0. The van der Waals surface area contributed by atoms with Crippen LogP contribution in [0.25, 0.3) is 0 Å². The molecule has 0 aliphatic rings. The van der Waals surface area contributed by atoms with Gasteiger partial charge in [0.1, 0.15) is 17.2 Å². The molecule has 0 saturated carbocycles. The van der Waals surface area contributed by atoms with Crippen LogP contribution in [-0.2, 0) is 6.18 Å². The van der Waals surface area contributed by atoms with Crippen molar-refractivity contribution in [2.75, 3.05) is 7.11 Å². The summed E-state index contributed by atoms with van der Waals surface area (Å²) in [5.74, 6) is 0.0921. The molecule has 0 amide bonds. The molecule has 1 N–H and O–H groups in total. The highest BCUT2D eigenvalue weighted by Crippen LogP contribution is 2.39. The maximum absolute atomic E-state index is 12.7. The first-order valence-electron chi connectivity index (χ1n) is 9.67. The van der Waals surface area contributed by atoms with E-state index in [0.717, 1.165) is 24.3 Å². The van der Waals surface area contributed by atoms with Crippen molar-refractivity contribution < 1.29 is 27.8 Å². The Balaban J connectivity index is 0.000000327. The Kier molecular flexibility index (Phi) is 9.56. The molecule has 31 heavy (non-hydrogen) atoms. The number of hydrogen-bond acceptors (Lipinski definition) is 4. The van der Waals surface area contributed by atoms with Gasteiger partial charge in [-0.2, -0.15) is 13.2 Å². The summed E-state index contributed by atoms with van der Waals surface area (Å²) >= 11 is 5.76. The molecular weight excluding hydrogens is 431 g/mol. The van der Waals surface area contributed by atoms with Crippen molar-refractivity contribution in [3.05, 3.63) is 51.5 Å². The van der Waals surface area contributed by atoms with Crippen molar-refractivity contribution in [3.8, 4) is 11.5 Å². The zero-order valence-electron chi connectivity index (χ0n) is 18.4. The topological polar surface area (TPSA) is 58.9 Å². The largest absolute Gasteiger partial charge is 0.507 e. The van der Waals surface area contributed by atoms with E-state index in [0.29, 0.717) is 33.8 Å². The molecule has 0 fully saturated rings. The molecule has 4 nitrogen and oxygen atoms in total. The summed E-state index contributed by atoms with van der Waals surface area (Å²) in [5.41, 5.74) is 1.98. The van der Waals surface area contributed by atoms with Gasteiger partial charge in [-0.25, -0.2) is 0 Å². The third-order valence-corrected chi connectivity index (χ3v) is 4.73. The minimum absolute atomic E-state index is 0.0382. The summed E-state index contributed by atoms with van der Waals surface area (Å²) in [6.45, 7) is 8.83. The minimum Gasteiger partial charge on any atom is -0.507 e. The lowest BCUT2D eigenvalue weighted by molar-refractivity contribution is -0.137. The van der Waals surface area contributed by atoms with Gasteiger partial charge in [0.15, 0.2) is 5.78 Å². The number of phenolic OH excluding ortho intramolecular Hbond substituents is 1. The number of rotatable bonds is 5. The summed E-state index contributed by atoms with van der Waals surface area (Å²) in [6, 6.07) is 5.19. The van der Waals surface area contributed by atoms with Crippen molar-refractivity contribution in [2.45, 2.75) is 53.6 Å². The third-order valence-electron chi connectivity index (χ3n) is 4.51. The first-order valence-corrected chi connectivity index (χ1v) is 10.1. The number of benzene rings is 2. The number of Topliss-reactive ketones (excluding diaryl/α,β-unsaturated/α-hetero) is 1. The highest BCUT2D eigenvalue weighted by Gasteiger charge is 2.32. The van der Waals surface area contributed by atoms with Crippen LogP contribution >= 0.6 is 11.6 Å². The van der Waals surface area contributed by atoms with Crippen LogP contribution in [0.3, 0.4) is 0 Å². The average molecular weight is 458 g/mol. The first-order chi connectivity index (χ1) is 14.3. The molecule has 0 atom stereocenters. The zero-order valence-corrected chi connectivity index (χ0v) is 19.2. The molecule has 170 valence electrons. The van der Waals surface area contributed by atoms with Crippen molar-refractivity contribution >= 4 is 28.8 Å². The first kappa shape index (κ1) is 26.5. The van der Waals surface area contributed by atoms with Crippen LogP contribution in [0, 0.1) is 13.8 Å². The standard InChI is InChI=1S/C13H16F3NO.C10H11ClO2/c1-5-9(3)17-12-8(2)6-10(13(14,15)16)7-11(12)18-4;1-3-9(12)8-5-7(11)4-6(2)10(8)13/h6-7H,5H2,1-4H3;4-5,13H,3H2,1-2H3. The van der Waals surface area contributed by atoms with Gasteiger partial charge in [0.2, 0.25) is 0 Å². The van der Waals surface area contributed by atoms with Crippen molar-refractivity contribution in [1.29, 1.82) is 0 Å². The average Bonchev–Trinajstić information content (AvgIpc) is 2.70. The van der Waals surface area contributed by atoms with Crippen LogP contribution in [-0.4, -0.2) is 23.7 Å². The lowest BCUT2D eigenvalue weighted by Gasteiger charge is -2.13. The Bertz CT molecular complexity index is 970. The van der Waals surface area contributed by atoms with Crippen LogP contribution in [0.5, 0.6) is 11.5 Å². The number of methoxy groups -OCH3 is 1. The smallest absolute Gasteiger partial charge is 0.416 e. The molecular formula is C23H27ClF3NO3. The number of carbonyl (C=O) groups excluding carboxylic acids is 1. The number of aromatic hydroxyl groups is 1. The fraction of sp³-hybridized carbons (Fsp3) is 0.391. The monoisotopic (exact) mass is 457 g/mol. The second kappa shape index (κ2) is 11.2. The second-order valence-corrected chi connectivity index (χ2v) is 7.37. The van der Waals surface area contributed by atoms with E-state index in [1.54, 1.807) is 26.8 Å². The molecule has 0 heterocycles. The lowest BCUT2D eigenvalue weighted by atomic mass is 10.0. The van der Waals surface area contributed by atoms with E-state index in [4.69, 9.17) is 16.3 Å². The van der Waals surface area contributed by atoms with Gasteiger partial charge < -0.3 is 9.84 Å². The normalized spacial score (nSPS) is 11.6. The Labute approximate surface area is 185 Å². The third kappa shape index (κ3) is 7.28. The number of ether oxygens (including phenoxy) is 1. The van der Waals surface area contributed by atoms with Gasteiger partial charge in [0.05, 0.1) is 18.2 Å². The van der Waals surface area contributed by atoms with E-state index in [-0.39, 0.29) is 17.3 Å². The number of halogens is 4. The lowest BCUT2D eigenvalue weighted by Crippen LogP contribution is -2.06. The number of carbonyl (C=O) groups is 1. The van der Waals surface area contributed by atoms with E-state index in [2.05, 4.69) is 4.99 Å². The van der Waals surface area contributed by atoms with Crippen molar-refractivity contribution in [1.82, 2.24) is 0 Å². The number of aliphatic imine (C=N–C) groups is 1. The predicted octanol–water partition coefficient (Wildman–Crippen LogP) is 7.47. The van der Waals surface area contributed by atoms with Crippen LogP contribution in [0.2, 0.25) is 5.02 Å². The summed E-state index contributed by atoms with van der Waals surface area (Å²) in [5, 5.41) is 10.0. The van der Waals surface area contributed by atoms with Crippen LogP contribution in [0.4, 0.5) is 18.9 Å². The van der Waals surface area contributed by atoms with Gasteiger partial charge in [-0.15, -0.1) is 0 Å². The van der Waals surface area contributed by atoms with E-state index in [1.807, 2.05) is 13.8 Å². The molecule has 0 spiro atoms. The van der Waals surface area contributed by atoms with E-state index < -0.39 is 11.7 Å². The number of alkyl halides is 3. The SMILES string of the molecule is CCC(=O)c1cc(Cl)cc(C)c1O.CCC(C)=Nc1c(C)cc(C(F)(F)F)cc1OC. The van der Waals surface area contributed by atoms with E-state index in [1.165, 1.54) is 13.2 Å². The van der Waals surface area contributed by atoms with Crippen LogP contribution in [0.1, 0.15) is 60.7 Å². The van der Waals surface area contributed by atoms with Crippen LogP contribution < -0.4 is 4.74 Å². The summed E-state index contributed by atoms with van der Waals surface area (Å²) in [4.78, 5) is 15.6. The number of aryl methyl sites for hydroxylation is 2. The fourth-order valence-electron chi connectivity index (χ4n) is 2.62. The zero-order chi connectivity index (χ0) is 23.9. The number of ketones is 1. The van der Waals surface area contributed by atoms with E-state index in [9.17, 15) is 23.1 Å². The maximum Gasteiger partial charge on any atom is 0.416 e. The van der Waals surface area contributed by atoms with Crippen molar-refractivity contribution in [2.24, 2.45) is 4.99 Å². The number of phenols is 1. The van der Waals surface area contributed by atoms with Crippen LogP contribution in [0.15, 0.2) is 29.3 Å². The molecule has 0 bridgehead atoms.